The van der Waals surface area contributed by atoms with Crippen LogP contribution in [0, 0.1) is 65.2 Å². The molecule has 132 heavy (non-hydrogen) atoms. The van der Waals surface area contributed by atoms with Gasteiger partial charge in [-0.2, -0.15) is 0 Å². The first kappa shape index (κ1) is 103. The molecule has 4 fully saturated rings. The average Bonchev–Trinajstić information content (AvgIpc) is 0.730. The van der Waals surface area contributed by atoms with Crippen LogP contribution in [0.3, 0.4) is 0 Å². The van der Waals surface area contributed by atoms with Crippen LogP contribution in [0.15, 0.2) is 356 Å². The molecule has 16 rings (SSSR count). The van der Waals surface area contributed by atoms with E-state index in [-0.39, 0.29) is 55.6 Å². The second kappa shape index (κ2) is 45.9. The summed E-state index contributed by atoms with van der Waals surface area (Å²) >= 11 is 0. The fourth-order valence-electron chi connectivity index (χ4n) is 17.4. The van der Waals surface area contributed by atoms with E-state index in [0.29, 0.717) is 54.0 Å². The number of nitrogens with zero attached hydrogens (tertiary/aromatic N) is 1. The normalized spacial score (nSPS) is 16.6. The third kappa shape index (κ3) is 27.7. The smallest absolute Gasteiger partial charge is 0.496 e. The molecule has 0 spiro atoms. The molecule has 0 N–H and O–H groups in total. The number of carbonyl (C=O) groups excluding carboxylic acids is 2. The van der Waals surface area contributed by atoms with Crippen LogP contribution in [-0.2, 0) is 84.4 Å². The first-order valence-electron chi connectivity index (χ1n) is 44.2. The van der Waals surface area contributed by atoms with Gasteiger partial charge in [0.15, 0.2) is 105 Å². The number of hydrogen-bond acceptors (Lipinski definition) is 8. The molecule has 1 atom stereocenters. The molecule has 0 saturated heterocycles. The summed E-state index contributed by atoms with van der Waals surface area (Å²) in [6.45, 7) is 27.4. The number of hydrogen-bond donors (Lipinski definition) is 0. The first-order chi connectivity index (χ1) is 62.6. The highest BCUT2D eigenvalue weighted by atomic mass is 32.2. The third-order valence-electron chi connectivity index (χ3n) is 23.4. The second-order valence-corrected chi connectivity index (χ2v) is 46.0. The number of aryl methyl sites for hydroxylation is 6. The Bertz CT molecular complexity index is 5400. The molecule has 22 heteroatoms. The van der Waals surface area contributed by atoms with E-state index in [4.69, 9.17) is 23.7 Å². The van der Waals surface area contributed by atoms with Crippen molar-refractivity contribution >= 4 is 66.4 Å². The molecule has 4 bridgehead atoms. The van der Waals surface area contributed by atoms with Crippen LogP contribution in [0.2, 0.25) is 0 Å². The number of methoxy groups -OCH3 is 1. The van der Waals surface area contributed by atoms with E-state index < -0.39 is 66.7 Å². The van der Waals surface area contributed by atoms with Crippen molar-refractivity contribution in [3.05, 3.63) is 342 Å². The lowest BCUT2D eigenvalue weighted by atomic mass is 9.50. The highest BCUT2D eigenvalue weighted by Crippen LogP contribution is 2.60. The van der Waals surface area contributed by atoms with Gasteiger partial charge in [-0.05, 0) is 289 Å². The number of alkyl halides is 9. The van der Waals surface area contributed by atoms with Crippen molar-refractivity contribution in [2.24, 2.45) is 23.7 Å². The van der Waals surface area contributed by atoms with Crippen LogP contribution in [-0.4, -0.2) is 86.5 Å². The Kier molecular flexibility index (Phi) is 35.6. The number of halogens is 9. The van der Waals surface area contributed by atoms with Crippen molar-refractivity contribution in [3.8, 4) is 17.2 Å². The Morgan fingerprint density at radius 3 is 0.909 bits per heavy atom. The zero-order valence-corrected chi connectivity index (χ0v) is 82.0. The van der Waals surface area contributed by atoms with Crippen molar-refractivity contribution in [2.75, 3.05) is 47.6 Å². The van der Waals surface area contributed by atoms with Crippen molar-refractivity contribution in [2.45, 2.75) is 220 Å². The Balaban J connectivity index is 0.000000165. The molecule has 1 unspecified atom stereocenters. The predicted molar refractivity (Wildman–Crippen MR) is 521 cm³/mol. The first-order valence-corrected chi connectivity index (χ1v) is 50.4. The van der Waals surface area contributed by atoms with Gasteiger partial charge in [-0.25, -0.2) is 9.59 Å². The van der Waals surface area contributed by atoms with Crippen molar-refractivity contribution < 1.29 is 72.8 Å². The number of ether oxygens (including phenoxy) is 5. The maximum atomic E-state index is 13.8. The number of carbonyl (C=O) groups is 2. The maximum Gasteiger partial charge on any atom is 0.586 e. The molecule has 4 aliphatic carbocycles. The SMILES string of the molecule is CC(C)(C)c1ccc([S+](c2ccc(C(C)(C)C)cc2)C(F)(F)F)cc1.COc1c(C)cc([S+](c2ccccc2)C(F)(F)F)cc1C.Cc1cc([S+](c2ccccc2)c2ccccc2)cc(C)c1OCC(=O)OCC(=O)OC1(C)C2CC3CC(C2)CC1C3.Cc1cc([S+](c2ccccc2)c2ccccc2)cc(C)c1OCCCN(C)C.FC(F)(F)[S+](c1ccccc1)c1ccccc1. The summed E-state index contributed by atoms with van der Waals surface area (Å²) in [5, 5.41) is 0. The lowest BCUT2D eigenvalue weighted by Crippen LogP contribution is -2.58. The minimum atomic E-state index is -4.31. The van der Waals surface area contributed by atoms with E-state index in [1.165, 1.54) is 90.4 Å². The molecule has 12 aromatic carbocycles. The molecule has 0 heterocycles. The molecule has 0 amide bonds. The quantitative estimate of drug-likeness (QED) is 0.0256. The molecule has 696 valence electrons. The summed E-state index contributed by atoms with van der Waals surface area (Å²) in [7, 11) is -0.436. The van der Waals surface area contributed by atoms with Gasteiger partial charge in [0.1, 0.15) is 22.8 Å². The van der Waals surface area contributed by atoms with Crippen molar-refractivity contribution in [1.29, 1.82) is 0 Å². The lowest BCUT2D eigenvalue weighted by Gasteiger charge is -2.59. The minimum absolute atomic E-state index is 0.0796. The van der Waals surface area contributed by atoms with Crippen LogP contribution < -0.4 is 14.2 Å². The van der Waals surface area contributed by atoms with Gasteiger partial charge in [-0.15, -0.1) is 39.5 Å². The summed E-state index contributed by atoms with van der Waals surface area (Å²) < 4.78 is 150. The molecule has 0 aliphatic heterocycles. The maximum absolute atomic E-state index is 13.8. The number of benzene rings is 12. The highest BCUT2D eigenvalue weighted by Gasteiger charge is 2.59. The predicted octanol–water partition coefficient (Wildman–Crippen LogP) is 28.8. The van der Waals surface area contributed by atoms with Crippen LogP contribution in [0.4, 0.5) is 39.5 Å². The summed E-state index contributed by atoms with van der Waals surface area (Å²) in [5.74, 6) is 3.75. The molecule has 0 radical (unpaired) electrons. The standard InChI is InChI=1S/C35H39O5S.C25H30NOS.C21H26F3S.C16H16F3OS.C13H10F3S/c1-23-14-31(41(29-10-6-4-7-11-29)30-12-8-5-9-13-30)15-24(2)34(23)39-21-32(36)38-22-33(37)40-35(3)27-17-25-16-26(19-27)20-28(35)18-25;1-20-18-24(19-21(2)25(20)27-17-11-16-26(3)4)28(22-12-7-5-8-13-22)23-14-9-6-10-15-23;1-19(2,3)15-7-11-17(12-8-15)25(21(22,23)24)18-13-9-16(10-14-18)20(4,5)6;1-11-9-14(10-12(2)15(11)20-3)21(16(17,18)19)13-7-5-4-6-8-13;14-13(15,16)17(11-7-3-1-4-8-11)12-9-5-2-6-10-12/h4-15,25-28H,16-22H2,1-3H3;5-10,12-15,18-19H,11,16-17H2,1-4H3;7-14H,1-6H3;4-10H,1-3H3;1-10H/q5*+1. The van der Waals surface area contributed by atoms with Gasteiger partial charge in [0, 0.05) is 42.9 Å². The summed E-state index contributed by atoms with van der Waals surface area (Å²) in [6.07, 6.45) is 6.99. The Morgan fingerprint density at radius 2 is 0.621 bits per heavy atom. The van der Waals surface area contributed by atoms with E-state index in [1.807, 2.05) is 50.2 Å². The Hall–Kier alpha value is -9.94. The van der Waals surface area contributed by atoms with Crippen LogP contribution in [0.5, 0.6) is 17.2 Å². The summed E-state index contributed by atoms with van der Waals surface area (Å²) in [4.78, 5) is 36.9. The number of esters is 2. The molecule has 0 aromatic heterocycles. The van der Waals surface area contributed by atoms with E-state index in [0.717, 1.165) is 85.1 Å². The Labute approximate surface area is 789 Å². The van der Waals surface area contributed by atoms with Crippen LogP contribution >= 0.6 is 0 Å². The fourth-order valence-corrected chi connectivity index (χ4v) is 27.0. The molecule has 4 saturated carbocycles. The summed E-state index contributed by atoms with van der Waals surface area (Å²) in [5.41, 5.74) is -5.63. The number of rotatable bonds is 24. The fraction of sp³-hybridized carbons (Fsp3) is 0.327. The van der Waals surface area contributed by atoms with E-state index in [1.54, 1.807) is 105 Å². The zero-order valence-electron chi connectivity index (χ0n) is 77.9. The van der Waals surface area contributed by atoms with Crippen molar-refractivity contribution in [3.63, 3.8) is 0 Å². The van der Waals surface area contributed by atoms with Crippen LogP contribution in [0.25, 0.3) is 0 Å². The van der Waals surface area contributed by atoms with Gasteiger partial charge in [0.05, 0.1) is 35.5 Å². The lowest BCUT2D eigenvalue weighted by molar-refractivity contribution is -0.207. The third-order valence-corrected chi connectivity index (χ3v) is 33.6. The molecule has 4 aliphatic rings. The van der Waals surface area contributed by atoms with Gasteiger partial charge >= 0.3 is 28.5 Å². The highest BCUT2D eigenvalue weighted by molar-refractivity contribution is 7.98. The van der Waals surface area contributed by atoms with Gasteiger partial charge in [-0.3, -0.25) is 0 Å². The van der Waals surface area contributed by atoms with E-state index >= 15 is 0 Å². The molecular weight excluding hydrogens is 1780 g/mol. The van der Waals surface area contributed by atoms with Gasteiger partial charge < -0.3 is 28.6 Å². The van der Waals surface area contributed by atoms with E-state index in [2.05, 4.69) is 215 Å². The molecular formula is C110H121F9NO7S5+5. The van der Waals surface area contributed by atoms with Gasteiger partial charge in [0.25, 0.3) is 0 Å². The minimum Gasteiger partial charge on any atom is -0.496 e. The van der Waals surface area contributed by atoms with Crippen molar-refractivity contribution in [1.82, 2.24) is 4.90 Å². The average molecular weight is 1900 g/mol. The monoisotopic (exact) mass is 1900 g/mol. The zero-order chi connectivity index (χ0) is 95.5. The Morgan fingerprint density at radius 1 is 0.348 bits per heavy atom. The topological polar surface area (TPSA) is 83.5 Å². The molecule has 12 aromatic rings. The second-order valence-electron chi connectivity index (χ2n) is 35.9. The summed E-state index contributed by atoms with van der Waals surface area (Å²) in [6, 6.07) is 92.3. The van der Waals surface area contributed by atoms with Gasteiger partial charge in [0.2, 0.25) is 0 Å². The van der Waals surface area contributed by atoms with Gasteiger partial charge in [-0.1, -0.05) is 193 Å². The van der Waals surface area contributed by atoms with E-state index in [9.17, 15) is 49.1 Å². The molecule has 8 nitrogen and oxygen atoms in total. The largest absolute Gasteiger partial charge is 0.586 e. The van der Waals surface area contributed by atoms with Crippen LogP contribution in [0.1, 0.15) is 131 Å².